The van der Waals surface area contributed by atoms with Gasteiger partial charge in [-0.3, -0.25) is 0 Å². The molecule has 2 aliphatic rings. The van der Waals surface area contributed by atoms with Crippen LogP contribution in [0.4, 0.5) is 0 Å². The fraction of sp³-hybridized carbons (Fsp3) is 0.429. The third kappa shape index (κ3) is 3.17. The highest BCUT2D eigenvalue weighted by Gasteiger charge is 2.29. The van der Waals surface area contributed by atoms with Crippen molar-refractivity contribution in [2.45, 2.75) is 78.1 Å². The molecule has 0 saturated heterocycles. The van der Waals surface area contributed by atoms with Crippen LogP contribution in [0.25, 0.3) is 12.2 Å². The van der Waals surface area contributed by atoms with E-state index in [1.165, 1.54) is 35.1 Å². The van der Waals surface area contributed by atoms with Crippen LogP contribution < -0.4 is 0 Å². The Labute approximate surface area is 171 Å². The zero-order valence-electron chi connectivity index (χ0n) is 18.3. The molecule has 0 bridgehead atoms. The van der Waals surface area contributed by atoms with E-state index in [0.29, 0.717) is 23.7 Å². The topological polar surface area (TPSA) is 0 Å². The molecular weight excluding hydrogens is 336 g/mol. The first kappa shape index (κ1) is 19.2. The highest BCUT2D eigenvalue weighted by atomic mass is 14.3. The molecule has 0 heteroatoms. The maximum absolute atomic E-state index is 2.46. The molecule has 0 aliphatic heterocycles. The van der Waals surface area contributed by atoms with Crippen LogP contribution in [0, 0.1) is 0 Å². The summed E-state index contributed by atoms with van der Waals surface area (Å²) in [5, 5.41) is 0. The van der Waals surface area contributed by atoms with E-state index in [9.17, 15) is 0 Å². The van der Waals surface area contributed by atoms with E-state index in [1.807, 2.05) is 0 Å². The third-order valence-corrected chi connectivity index (χ3v) is 6.93. The van der Waals surface area contributed by atoms with Gasteiger partial charge in [0.15, 0.2) is 0 Å². The van der Waals surface area contributed by atoms with Crippen LogP contribution in [-0.2, 0) is 0 Å². The Bertz CT molecular complexity index is 872. The molecule has 0 heterocycles. The van der Waals surface area contributed by atoms with Crippen molar-refractivity contribution in [3.8, 4) is 0 Å². The minimum absolute atomic E-state index is 0.582. The van der Waals surface area contributed by atoms with E-state index in [0.717, 1.165) is 0 Å². The van der Waals surface area contributed by atoms with E-state index in [2.05, 4.69) is 90.1 Å². The highest BCUT2D eigenvalue weighted by molar-refractivity contribution is 5.71. The van der Waals surface area contributed by atoms with Crippen LogP contribution in [-0.4, -0.2) is 0 Å². The van der Waals surface area contributed by atoms with Gasteiger partial charge in [0.1, 0.15) is 0 Å². The second kappa shape index (κ2) is 7.39. The van der Waals surface area contributed by atoms with Crippen molar-refractivity contribution in [1.82, 2.24) is 0 Å². The number of allylic oxidation sites excluding steroid dienone is 2. The lowest BCUT2D eigenvalue weighted by Gasteiger charge is -2.21. The molecule has 2 aromatic rings. The Morgan fingerprint density at radius 1 is 0.643 bits per heavy atom. The molecule has 0 saturated carbocycles. The van der Waals surface area contributed by atoms with E-state index in [1.54, 1.807) is 22.3 Å². The van der Waals surface area contributed by atoms with Gasteiger partial charge in [-0.05, 0) is 71.9 Å². The zero-order chi connectivity index (χ0) is 20.0. The first-order chi connectivity index (χ1) is 13.4. The lowest BCUT2D eigenvalue weighted by atomic mass is 9.83. The minimum atomic E-state index is 0.582. The summed E-state index contributed by atoms with van der Waals surface area (Å²) >= 11 is 0. The summed E-state index contributed by atoms with van der Waals surface area (Å²) in [5.41, 5.74) is 12.2. The summed E-state index contributed by atoms with van der Waals surface area (Å²) in [5.74, 6) is 2.33. The van der Waals surface area contributed by atoms with Gasteiger partial charge in [0.05, 0.1) is 0 Å². The summed E-state index contributed by atoms with van der Waals surface area (Å²) in [6.07, 6.45) is 7.38. The number of rotatable bonds is 5. The lowest BCUT2D eigenvalue weighted by Crippen LogP contribution is -2.04. The molecule has 28 heavy (non-hydrogen) atoms. The maximum Gasteiger partial charge on any atom is 0.00551 e. The van der Waals surface area contributed by atoms with Crippen LogP contribution >= 0.6 is 0 Å². The van der Waals surface area contributed by atoms with Crippen LogP contribution in [0.15, 0.2) is 47.5 Å². The quantitative estimate of drug-likeness (QED) is 0.495. The van der Waals surface area contributed by atoms with Gasteiger partial charge >= 0.3 is 0 Å². The van der Waals surface area contributed by atoms with Gasteiger partial charge in [0.25, 0.3) is 0 Å². The van der Waals surface area contributed by atoms with Gasteiger partial charge in [0.2, 0.25) is 0 Å². The van der Waals surface area contributed by atoms with Gasteiger partial charge in [-0.25, -0.2) is 0 Å². The predicted octanol–water partition coefficient (Wildman–Crippen LogP) is 8.41. The van der Waals surface area contributed by atoms with Crippen molar-refractivity contribution in [2.24, 2.45) is 0 Å². The first-order valence-electron chi connectivity index (χ1n) is 11.0. The van der Waals surface area contributed by atoms with Crippen LogP contribution in [0.2, 0.25) is 0 Å². The zero-order valence-corrected chi connectivity index (χ0v) is 18.3. The Hall–Kier alpha value is -2.08. The van der Waals surface area contributed by atoms with Gasteiger partial charge in [-0.2, -0.15) is 0 Å². The molecule has 2 aliphatic carbocycles. The van der Waals surface area contributed by atoms with Crippen LogP contribution in [0.5, 0.6) is 0 Å². The normalized spacial score (nSPS) is 20.4. The maximum atomic E-state index is 2.46. The molecule has 2 atom stereocenters. The Morgan fingerprint density at radius 3 is 1.39 bits per heavy atom. The Kier molecular flexibility index (Phi) is 5.08. The molecular formula is C28H34. The molecule has 4 rings (SSSR count). The highest BCUT2D eigenvalue weighted by Crippen LogP contribution is 2.47. The van der Waals surface area contributed by atoms with Crippen molar-refractivity contribution in [3.63, 3.8) is 0 Å². The van der Waals surface area contributed by atoms with Gasteiger partial charge in [-0.1, -0.05) is 87.4 Å². The van der Waals surface area contributed by atoms with E-state index in [4.69, 9.17) is 0 Å². The van der Waals surface area contributed by atoms with E-state index < -0.39 is 0 Å². The molecule has 0 amide bonds. The molecule has 2 unspecified atom stereocenters. The monoisotopic (exact) mass is 370 g/mol. The summed E-state index contributed by atoms with van der Waals surface area (Å²) < 4.78 is 0. The Morgan fingerprint density at radius 2 is 1.04 bits per heavy atom. The molecule has 2 aromatic carbocycles. The van der Waals surface area contributed by atoms with Crippen molar-refractivity contribution >= 4 is 12.2 Å². The minimum Gasteiger partial charge on any atom is -0.0652 e. The van der Waals surface area contributed by atoms with Crippen molar-refractivity contribution in [3.05, 3.63) is 80.9 Å². The molecule has 0 fully saturated rings. The lowest BCUT2D eigenvalue weighted by molar-refractivity contribution is 0.610. The predicted molar refractivity (Wildman–Crippen MR) is 123 cm³/mol. The average molecular weight is 371 g/mol. The number of hydrogen-bond donors (Lipinski definition) is 0. The molecule has 146 valence electrons. The summed E-state index contributed by atoms with van der Waals surface area (Å²) in [6, 6.07) is 13.9. The van der Waals surface area contributed by atoms with E-state index in [-0.39, 0.29) is 0 Å². The van der Waals surface area contributed by atoms with Gasteiger partial charge in [-0.15, -0.1) is 0 Å². The number of benzene rings is 2. The standard InChI is InChI=1S/C28H34/c1-17(2)21-9-7-11-25-23(19(5)15-27(21)25)13-14-24-20(6)16-28-22(18(3)4)10-8-12-26(24)28/h7-12,15-18,23-24H,13-14H2,1-6H3. The molecule has 0 radical (unpaired) electrons. The van der Waals surface area contributed by atoms with Gasteiger partial charge in [0, 0.05) is 11.8 Å². The SMILES string of the molecule is CC1=Cc2c(C(C)C)cccc2C1CCC1C(C)=Cc2c(C(C)C)cccc21. The summed E-state index contributed by atoms with van der Waals surface area (Å²) in [4.78, 5) is 0. The largest absolute Gasteiger partial charge is 0.0652 e. The second-order valence-electron chi connectivity index (χ2n) is 9.47. The van der Waals surface area contributed by atoms with E-state index >= 15 is 0 Å². The van der Waals surface area contributed by atoms with Crippen molar-refractivity contribution < 1.29 is 0 Å². The summed E-state index contributed by atoms with van der Waals surface area (Å²) in [7, 11) is 0. The number of hydrogen-bond acceptors (Lipinski definition) is 0. The van der Waals surface area contributed by atoms with Crippen LogP contribution in [0.1, 0.15) is 111 Å². The molecule has 0 N–H and O–H groups in total. The summed E-state index contributed by atoms with van der Waals surface area (Å²) in [6.45, 7) is 13.9. The Balaban J connectivity index is 1.59. The smallest absolute Gasteiger partial charge is 0.00551 e. The first-order valence-corrected chi connectivity index (χ1v) is 11.0. The van der Waals surface area contributed by atoms with Gasteiger partial charge < -0.3 is 0 Å². The fourth-order valence-electron chi connectivity index (χ4n) is 5.40. The molecule has 0 spiro atoms. The third-order valence-electron chi connectivity index (χ3n) is 6.93. The van der Waals surface area contributed by atoms with Crippen molar-refractivity contribution in [1.29, 1.82) is 0 Å². The number of fused-ring (bicyclic) bond motifs is 2. The molecule has 0 nitrogen and oxygen atoms in total. The second-order valence-corrected chi connectivity index (χ2v) is 9.47. The average Bonchev–Trinajstić information content (AvgIpc) is 3.14. The van der Waals surface area contributed by atoms with Crippen LogP contribution in [0.3, 0.4) is 0 Å². The molecule has 0 aromatic heterocycles. The van der Waals surface area contributed by atoms with Crippen molar-refractivity contribution in [2.75, 3.05) is 0 Å². The fourth-order valence-corrected chi connectivity index (χ4v) is 5.40.